The van der Waals surface area contributed by atoms with Gasteiger partial charge in [-0.2, -0.15) is 0 Å². The number of hydrogen-bond donors (Lipinski definition) is 1. The number of aromatic carboxylic acids is 1. The number of sulfone groups is 1. The van der Waals surface area contributed by atoms with Gasteiger partial charge in [0, 0.05) is 14.8 Å². The molecule has 0 amide bonds. The standard InChI is InChI=1S/C19H12ClFO4S2/c20-13-7-10-16(26-14-8-5-12(6-9-14)19(22)23)18(11-13)27(24,25)17-4-2-1-3-15(17)21/h1-11H,(H,22,23). The Labute approximate surface area is 164 Å². The second-order valence-electron chi connectivity index (χ2n) is 5.46. The Morgan fingerprint density at radius 1 is 0.963 bits per heavy atom. The summed E-state index contributed by atoms with van der Waals surface area (Å²) in [6.07, 6.45) is 0. The van der Waals surface area contributed by atoms with Crippen LogP contribution in [-0.4, -0.2) is 19.5 Å². The highest BCUT2D eigenvalue weighted by Crippen LogP contribution is 2.37. The zero-order valence-electron chi connectivity index (χ0n) is 13.6. The van der Waals surface area contributed by atoms with Gasteiger partial charge in [-0.1, -0.05) is 35.5 Å². The van der Waals surface area contributed by atoms with Crippen molar-refractivity contribution >= 4 is 39.2 Å². The maximum Gasteiger partial charge on any atom is 0.335 e. The fourth-order valence-electron chi connectivity index (χ4n) is 2.35. The molecule has 0 aliphatic heterocycles. The quantitative estimate of drug-likeness (QED) is 0.614. The molecule has 27 heavy (non-hydrogen) atoms. The number of hydrogen-bond acceptors (Lipinski definition) is 4. The molecular weight excluding hydrogens is 411 g/mol. The number of carboxylic acid groups (broad SMARTS) is 1. The molecule has 3 aromatic rings. The van der Waals surface area contributed by atoms with Gasteiger partial charge in [0.05, 0.1) is 10.5 Å². The number of carboxylic acids is 1. The van der Waals surface area contributed by atoms with E-state index in [0.29, 0.717) is 9.79 Å². The van der Waals surface area contributed by atoms with Gasteiger partial charge in [-0.15, -0.1) is 0 Å². The van der Waals surface area contributed by atoms with Crippen molar-refractivity contribution in [3.05, 3.63) is 83.1 Å². The molecule has 0 radical (unpaired) electrons. The molecule has 0 fully saturated rings. The van der Waals surface area contributed by atoms with E-state index in [9.17, 15) is 17.6 Å². The fourth-order valence-corrected chi connectivity index (χ4v) is 5.30. The molecule has 0 aliphatic rings. The van der Waals surface area contributed by atoms with Gasteiger partial charge in [-0.05, 0) is 54.6 Å². The molecule has 0 aliphatic carbocycles. The Kier molecular flexibility index (Phi) is 5.55. The molecule has 8 heteroatoms. The second kappa shape index (κ2) is 7.72. The topological polar surface area (TPSA) is 71.4 Å². The van der Waals surface area contributed by atoms with Crippen molar-refractivity contribution in [1.82, 2.24) is 0 Å². The first-order chi connectivity index (χ1) is 12.8. The summed E-state index contributed by atoms with van der Waals surface area (Å²) >= 11 is 7.09. The van der Waals surface area contributed by atoms with Crippen molar-refractivity contribution in [2.24, 2.45) is 0 Å². The lowest BCUT2D eigenvalue weighted by Gasteiger charge is -2.12. The summed E-state index contributed by atoms with van der Waals surface area (Å²) in [6, 6.07) is 15.5. The lowest BCUT2D eigenvalue weighted by atomic mass is 10.2. The minimum atomic E-state index is -4.14. The minimum Gasteiger partial charge on any atom is -0.478 e. The first-order valence-corrected chi connectivity index (χ1v) is 10.3. The molecule has 0 saturated carbocycles. The minimum absolute atomic E-state index is 0.118. The average molecular weight is 423 g/mol. The van der Waals surface area contributed by atoms with Gasteiger partial charge in [0.15, 0.2) is 0 Å². The first-order valence-electron chi connectivity index (χ1n) is 7.59. The van der Waals surface area contributed by atoms with E-state index in [2.05, 4.69) is 0 Å². The predicted octanol–water partition coefficient (Wildman–Crippen LogP) is 5.16. The Bertz CT molecular complexity index is 1110. The summed E-state index contributed by atoms with van der Waals surface area (Å²) < 4.78 is 40.0. The van der Waals surface area contributed by atoms with Crippen LogP contribution in [0, 0.1) is 5.82 Å². The van der Waals surface area contributed by atoms with E-state index in [1.165, 1.54) is 48.5 Å². The van der Waals surface area contributed by atoms with E-state index in [1.807, 2.05) is 0 Å². The third kappa shape index (κ3) is 4.16. The summed E-state index contributed by atoms with van der Waals surface area (Å²) in [4.78, 5) is 11.4. The molecule has 138 valence electrons. The van der Waals surface area contributed by atoms with Crippen LogP contribution in [0.1, 0.15) is 10.4 Å². The Balaban J connectivity index is 2.06. The molecule has 1 N–H and O–H groups in total. The average Bonchev–Trinajstić information content (AvgIpc) is 2.64. The van der Waals surface area contributed by atoms with Crippen molar-refractivity contribution in [3.63, 3.8) is 0 Å². The monoisotopic (exact) mass is 422 g/mol. The number of halogens is 2. The van der Waals surface area contributed by atoms with Crippen LogP contribution in [-0.2, 0) is 9.84 Å². The molecular formula is C19H12ClFO4S2. The summed E-state index contributed by atoms with van der Waals surface area (Å²) in [5.41, 5.74) is 0.120. The molecule has 3 aromatic carbocycles. The molecule has 0 atom stereocenters. The zero-order valence-corrected chi connectivity index (χ0v) is 16.0. The van der Waals surface area contributed by atoms with Crippen molar-refractivity contribution in [2.75, 3.05) is 0 Å². The number of benzene rings is 3. The Morgan fingerprint density at radius 3 is 2.26 bits per heavy atom. The largest absolute Gasteiger partial charge is 0.478 e. The van der Waals surface area contributed by atoms with Gasteiger partial charge in [0.25, 0.3) is 0 Å². The van der Waals surface area contributed by atoms with Crippen LogP contribution in [0.5, 0.6) is 0 Å². The smallest absolute Gasteiger partial charge is 0.335 e. The van der Waals surface area contributed by atoms with Gasteiger partial charge < -0.3 is 5.11 Å². The highest BCUT2D eigenvalue weighted by Gasteiger charge is 2.25. The fraction of sp³-hybridized carbons (Fsp3) is 0. The van der Waals surface area contributed by atoms with Crippen LogP contribution < -0.4 is 0 Å². The Morgan fingerprint density at radius 2 is 1.63 bits per heavy atom. The molecule has 0 unspecified atom stereocenters. The van der Waals surface area contributed by atoms with Crippen LogP contribution in [0.4, 0.5) is 4.39 Å². The second-order valence-corrected chi connectivity index (χ2v) is 8.89. The van der Waals surface area contributed by atoms with Gasteiger partial charge in [0.2, 0.25) is 9.84 Å². The maximum atomic E-state index is 14.1. The zero-order chi connectivity index (χ0) is 19.6. The molecule has 4 nitrogen and oxygen atoms in total. The van der Waals surface area contributed by atoms with Gasteiger partial charge in [-0.3, -0.25) is 0 Å². The van der Waals surface area contributed by atoms with Crippen LogP contribution in [0.2, 0.25) is 5.02 Å². The van der Waals surface area contributed by atoms with Crippen LogP contribution in [0.3, 0.4) is 0 Å². The van der Waals surface area contributed by atoms with Crippen molar-refractivity contribution in [3.8, 4) is 0 Å². The Hall–Kier alpha value is -2.35. The van der Waals surface area contributed by atoms with Crippen LogP contribution in [0.25, 0.3) is 0 Å². The first kappa shape index (κ1) is 19.4. The third-order valence-corrected chi connectivity index (χ3v) is 6.93. The van der Waals surface area contributed by atoms with E-state index < -0.39 is 26.5 Å². The van der Waals surface area contributed by atoms with Crippen molar-refractivity contribution in [1.29, 1.82) is 0 Å². The molecule has 3 rings (SSSR count). The molecule has 0 spiro atoms. The molecule has 0 saturated heterocycles. The number of rotatable bonds is 5. The normalized spacial score (nSPS) is 11.3. The van der Waals surface area contributed by atoms with E-state index in [-0.39, 0.29) is 15.5 Å². The van der Waals surface area contributed by atoms with Crippen molar-refractivity contribution < 1.29 is 22.7 Å². The van der Waals surface area contributed by atoms with Crippen LogP contribution in [0.15, 0.2) is 86.3 Å². The van der Waals surface area contributed by atoms with Gasteiger partial charge in [0.1, 0.15) is 10.7 Å². The third-order valence-electron chi connectivity index (χ3n) is 3.65. The van der Waals surface area contributed by atoms with Crippen LogP contribution >= 0.6 is 23.4 Å². The van der Waals surface area contributed by atoms with E-state index >= 15 is 0 Å². The molecule has 0 bridgehead atoms. The summed E-state index contributed by atoms with van der Waals surface area (Å²) in [5.74, 6) is -1.90. The van der Waals surface area contributed by atoms with E-state index in [1.54, 1.807) is 12.1 Å². The van der Waals surface area contributed by atoms with Gasteiger partial charge >= 0.3 is 5.97 Å². The number of carbonyl (C=O) groups is 1. The van der Waals surface area contributed by atoms with E-state index in [4.69, 9.17) is 16.7 Å². The highest BCUT2D eigenvalue weighted by atomic mass is 35.5. The maximum absolute atomic E-state index is 14.1. The lowest BCUT2D eigenvalue weighted by Crippen LogP contribution is -2.06. The van der Waals surface area contributed by atoms with E-state index in [0.717, 1.165) is 17.8 Å². The summed E-state index contributed by atoms with van der Waals surface area (Å²) in [6.45, 7) is 0. The summed E-state index contributed by atoms with van der Waals surface area (Å²) in [7, 11) is -4.14. The molecule has 0 heterocycles. The van der Waals surface area contributed by atoms with Crippen molar-refractivity contribution in [2.45, 2.75) is 19.6 Å². The highest BCUT2D eigenvalue weighted by molar-refractivity contribution is 8.00. The SMILES string of the molecule is O=C(O)c1ccc(Sc2ccc(Cl)cc2S(=O)(=O)c2ccccc2F)cc1. The van der Waals surface area contributed by atoms with Gasteiger partial charge in [-0.25, -0.2) is 17.6 Å². The molecule has 0 aromatic heterocycles. The lowest BCUT2D eigenvalue weighted by molar-refractivity contribution is 0.0697. The predicted molar refractivity (Wildman–Crippen MR) is 101 cm³/mol. The summed E-state index contributed by atoms with van der Waals surface area (Å²) in [5, 5.41) is 9.17.